The first-order valence-electron chi connectivity index (χ1n) is 5.54. The van der Waals surface area contributed by atoms with E-state index in [4.69, 9.17) is 4.74 Å². The van der Waals surface area contributed by atoms with Gasteiger partial charge in [0.1, 0.15) is 31.0 Å². The molecule has 106 valence electrons. The van der Waals surface area contributed by atoms with E-state index in [9.17, 15) is 25.2 Å². The first-order chi connectivity index (χ1) is 8.32. The Morgan fingerprint density at radius 1 is 1.17 bits per heavy atom. The van der Waals surface area contributed by atoms with Crippen LogP contribution in [-0.2, 0) is 14.2 Å². The van der Waals surface area contributed by atoms with Gasteiger partial charge in [0.15, 0.2) is 6.29 Å². The molecule has 0 amide bonds. The van der Waals surface area contributed by atoms with Crippen LogP contribution < -0.4 is 0 Å². The maximum Gasteiger partial charge on any atom is 0.508 e. The molecular weight excluding hydrogens is 248 g/mol. The fourth-order valence-corrected chi connectivity index (χ4v) is 1.45. The quantitative estimate of drug-likeness (QED) is 0.448. The number of hydrogen-bond donors (Lipinski definition) is 4. The van der Waals surface area contributed by atoms with E-state index >= 15 is 0 Å². The number of ether oxygens (including phenoxy) is 3. The Labute approximate surface area is 104 Å². The van der Waals surface area contributed by atoms with Crippen LogP contribution in [-0.4, -0.2) is 70.0 Å². The van der Waals surface area contributed by atoms with Crippen molar-refractivity contribution in [1.82, 2.24) is 0 Å². The second-order valence-corrected chi connectivity index (χ2v) is 4.26. The third kappa shape index (κ3) is 3.79. The maximum absolute atomic E-state index is 11.1. The highest BCUT2D eigenvalue weighted by Gasteiger charge is 2.43. The summed E-state index contributed by atoms with van der Waals surface area (Å²) >= 11 is 0. The van der Waals surface area contributed by atoms with Crippen molar-refractivity contribution in [1.29, 1.82) is 0 Å². The minimum absolute atomic E-state index is 0.354. The summed E-state index contributed by atoms with van der Waals surface area (Å²) in [5, 5.41) is 37.4. The molecule has 1 heterocycles. The summed E-state index contributed by atoms with van der Waals surface area (Å²) in [6.07, 6.45) is -8.77. The van der Waals surface area contributed by atoms with Crippen LogP contribution in [0.4, 0.5) is 4.79 Å². The van der Waals surface area contributed by atoms with E-state index in [1.165, 1.54) is 0 Å². The molecule has 1 fully saturated rings. The van der Waals surface area contributed by atoms with Crippen LogP contribution in [0.1, 0.15) is 13.8 Å². The van der Waals surface area contributed by atoms with Crippen molar-refractivity contribution in [3.63, 3.8) is 0 Å². The first-order valence-corrected chi connectivity index (χ1v) is 5.54. The number of carbonyl (C=O) groups is 1. The molecule has 4 N–H and O–H groups in total. The second-order valence-electron chi connectivity index (χ2n) is 4.26. The van der Waals surface area contributed by atoms with Crippen molar-refractivity contribution in [3.05, 3.63) is 0 Å². The molecule has 18 heavy (non-hydrogen) atoms. The highest BCUT2D eigenvalue weighted by Crippen LogP contribution is 2.20. The third-order valence-electron chi connectivity index (χ3n) is 2.38. The Kier molecular flexibility index (Phi) is 5.29. The number of aliphatic hydroxyl groups excluding tert-OH is 4. The smallest absolute Gasteiger partial charge is 0.432 e. The SMILES string of the molecule is CC(C)OC(=O)OC[C@H]1O[C@H](O)[C@H](O)[C@@H](O)[C@@H]1O. The minimum Gasteiger partial charge on any atom is -0.432 e. The molecule has 1 aliphatic rings. The van der Waals surface area contributed by atoms with Crippen LogP contribution in [0.25, 0.3) is 0 Å². The molecule has 1 saturated heterocycles. The van der Waals surface area contributed by atoms with Crippen molar-refractivity contribution >= 4 is 6.16 Å². The van der Waals surface area contributed by atoms with Crippen LogP contribution in [0.15, 0.2) is 0 Å². The van der Waals surface area contributed by atoms with Crippen molar-refractivity contribution in [2.24, 2.45) is 0 Å². The predicted molar refractivity (Wildman–Crippen MR) is 56.5 cm³/mol. The van der Waals surface area contributed by atoms with Crippen LogP contribution in [0, 0.1) is 0 Å². The van der Waals surface area contributed by atoms with E-state index in [0.29, 0.717) is 0 Å². The van der Waals surface area contributed by atoms with E-state index in [1.54, 1.807) is 13.8 Å². The highest BCUT2D eigenvalue weighted by molar-refractivity contribution is 5.60. The fraction of sp³-hybridized carbons (Fsp3) is 0.900. The van der Waals surface area contributed by atoms with E-state index < -0.39 is 43.5 Å². The summed E-state index contributed by atoms with van der Waals surface area (Å²) < 4.78 is 14.1. The zero-order valence-electron chi connectivity index (χ0n) is 10.1. The number of rotatable bonds is 3. The van der Waals surface area contributed by atoms with Gasteiger partial charge in [0.25, 0.3) is 0 Å². The summed E-state index contributed by atoms with van der Waals surface area (Å²) in [4.78, 5) is 11.1. The average Bonchev–Trinajstić information content (AvgIpc) is 2.28. The van der Waals surface area contributed by atoms with E-state index in [1.807, 2.05) is 0 Å². The van der Waals surface area contributed by atoms with E-state index in [0.717, 1.165) is 0 Å². The van der Waals surface area contributed by atoms with Gasteiger partial charge in [-0.3, -0.25) is 0 Å². The first kappa shape index (κ1) is 15.1. The highest BCUT2D eigenvalue weighted by atomic mass is 16.7. The molecule has 0 radical (unpaired) electrons. The summed E-state index contributed by atoms with van der Waals surface area (Å²) in [5.41, 5.74) is 0. The predicted octanol–water partition coefficient (Wildman–Crippen LogP) is -1.65. The molecule has 8 heteroatoms. The minimum atomic E-state index is -1.65. The zero-order chi connectivity index (χ0) is 13.9. The standard InChI is InChI=1S/C10H18O8/c1-4(2)17-10(15)16-3-5-6(11)7(12)8(13)9(14)18-5/h4-9,11-14H,3H2,1-2H3/t5-,6-,7+,8-,9+/m1/s1. The molecule has 1 rings (SSSR count). The van der Waals surface area contributed by atoms with E-state index in [2.05, 4.69) is 9.47 Å². The lowest BCUT2D eigenvalue weighted by Gasteiger charge is -2.37. The van der Waals surface area contributed by atoms with Crippen molar-refractivity contribution in [2.45, 2.75) is 50.7 Å². The van der Waals surface area contributed by atoms with E-state index in [-0.39, 0.29) is 6.10 Å². The summed E-state index contributed by atoms with van der Waals surface area (Å²) in [5.74, 6) is 0. The van der Waals surface area contributed by atoms with Gasteiger partial charge in [-0.25, -0.2) is 4.79 Å². The lowest BCUT2D eigenvalue weighted by atomic mass is 9.99. The second kappa shape index (κ2) is 6.30. The topological polar surface area (TPSA) is 126 Å². The molecule has 0 aromatic heterocycles. The lowest BCUT2D eigenvalue weighted by Crippen LogP contribution is -2.58. The number of carbonyl (C=O) groups excluding carboxylic acids is 1. The molecule has 0 saturated carbocycles. The van der Waals surface area contributed by atoms with Crippen LogP contribution >= 0.6 is 0 Å². The molecule has 5 atom stereocenters. The molecule has 0 aromatic carbocycles. The van der Waals surface area contributed by atoms with Gasteiger partial charge in [0.05, 0.1) is 6.10 Å². The van der Waals surface area contributed by atoms with Gasteiger partial charge < -0.3 is 34.6 Å². The van der Waals surface area contributed by atoms with Crippen molar-refractivity contribution in [3.8, 4) is 0 Å². The van der Waals surface area contributed by atoms with Crippen molar-refractivity contribution in [2.75, 3.05) is 6.61 Å². The summed E-state index contributed by atoms with van der Waals surface area (Å²) in [6, 6.07) is 0. The number of aliphatic hydroxyl groups is 4. The Bertz CT molecular complexity index is 281. The Morgan fingerprint density at radius 2 is 1.78 bits per heavy atom. The largest absolute Gasteiger partial charge is 0.508 e. The maximum atomic E-state index is 11.1. The molecule has 0 spiro atoms. The van der Waals surface area contributed by atoms with Gasteiger partial charge in [-0.2, -0.15) is 0 Å². The molecule has 0 aromatic rings. The third-order valence-corrected chi connectivity index (χ3v) is 2.38. The normalized spacial score (nSPS) is 36.5. The van der Waals surface area contributed by atoms with Gasteiger partial charge in [-0.1, -0.05) is 0 Å². The van der Waals surface area contributed by atoms with Crippen LogP contribution in [0.3, 0.4) is 0 Å². The van der Waals surface area contributed by atoms with Gasteiger partial charge in [-0.05, 0) is 13.8 Å². The molecule has 1 aliphatic heterocycles. The van der Waals surface area contributed by atoms with Crippen LogP contribution in [0.2, 0.25) is 0 Å². The average molecular weight is 266 g/mol. The van der Waals surface area contributed by atoms with Crippen LogP contribution in [0.5, 0.6) is 0 Å². The van der Waals surface area contributed by atoms with Gasteiger partial charge >= 0.3 is 6.16 Å². The van der Waals surface area contributed by atoms with Gasteiger partial charge in [0.2, 0.25) is 0 Å². The lowest BCUT2D eigenvalue weighted by molar-refractivity contribution is -0.287. The monoisotopic (exact) mass is 266 g/mol. The fourth-order valence-electron chi connectivity index (χ4n) is 1.45. The Balaban J connectivity index is 2.44. The molecule has 8 nitrogen and oxygen atoms in total. The summed E-state index contributed by atoms with van der Waals surface area (Å²) in [7, 11) is 0. The van der Waals surface area contributed by atoms with Crippen molar-refractivity contribution < 1.29 is 39.4 Å². The molecule has 0 unspecified atom stereocenters. The molecule has 0 bridgehead atoms. The van der Waals surface area contributed by atoms with Gasteiger partial charge in [0, 0.05) is 0 Å². The summed E-state index contributed by atoms with van der Waals surface area (Å²) in [6.45, 7) is 2.86. The Morgan fingerprint density at radius 3 is 2.33 bits per heavy atom. The molecule has 0 aliphatic carbocycles. The van der Waals surface area contributed by atoms with Gasteiger partial charge in [-0.15, -0.1) is 0 Å². The zero-order valence-corrected chi connectivity index (χ0v) is 10.1. The number of hydrogen-bond acceptors (Lipinski definition) is 8. The Hall–Kier alpha value is -0.930. The molecular formula is C10H18O8.